The second-order valence-electron chi connectivity index (χ2n) is 6.47. The van der Waals surface area contributed by atoms with E-state index in [0.29, 0.717) is 29.3 Å². The lowest BCUT2D eigenvalue weighted by Crippen LogP contribution is -2.41. The van der Waals surface area contributed by atoms with Gasteiger partial charge in [-0.25, -0.2) is 8.42 Å². The number of carbonyl (C=O) groups is 1. The highest BCUT2D eigenvalue weighted by Gasteiger charge is 2.32. The predicted molar refractivity (Wildman–Crippen MR) is 110 cm³/mol. The molecule has 0 radical (unpaired) electrons. The lowest BCUT2D eigenvalue weighted by atomic mass is 9.97. The van der Waals surface area contributed by atoms with Crippen LogP contribution in [0.25, 0.3) is 0 Å². The molecule has 6 nitrogen and oxygen atoms in total. The molecule has 1 aliphatic rings. The van der Waals surface area contributed by atoms with E-state index in [4.69, 9.17) is 27.9 Å². The number of hydrogen-bond acceptors (Lipinski definition) is 4. The van der Waals surface area contributed by atoms with Gasteiger partial charge in [0, 0.05) is 29.7 Å². The summed E-state index contributed by atoms with van der Waals surface area (Å²) in [6.45, 7) is 0.527. The summed E-state index contributed by atoms with van der Waals surface area (Å²) < 4.78 is 32.2. The first-order chi connectivity index (χ1) is 13.3. The maximum Gasteiger partial charge on any atom is 0.243 e. The molecule has 1 aliphatic heterocycles. The van der Waals surface area contributed by atoms with Crippen LogP contribution < -0.4 is 10.1 Å². The molecule has 1 amide bonds. The van der Waals surface area contributed by atoms with Gasteiger partial charge in [0.15, 0.2) is 0 Å². The summed E-state index contributed by atoms with van der Waals surface area (Å²) >= 11 is 12.0. The Balaban J connectivity index is 1.64. The Labute approximate surface area is 174 Å². The van der Waals surface area contributed by atoms with E-state index < -0.39 is 10.0 Å². The highest BCUT2D eigenvalue weighted by Crippen LogP contribution is 2.30. The van der Waals surface area contributed by atoms with E-state index in [1.807, 2.05) is 0 Å². The number of piperidine rings is 1. The zero-order valence-electron chi connectivity index (χ0n) is 15.2. The molecular weight excluding hydrogens is 423 g/mol. The van der Waals surface area contributed by atoms with Crippen LogP contribution in [0.4, 0.5) is 5.69 Å². The maximum atomic E-state index is 12.9. The minimum absolute atomic E-state index is 0.111. The molecule has 0 saturated carbocycles. The molecule has 3 rings (SSSR count). The second kappa shape index (κ2) is 8.69. The Morgan fingerprint density at radius 2 is 1.86 bits per heavy atom. The Bertz CT molecular complexity index is 974. The molecule has 1 fully saturated rings. The van der Waals surface area contributed by atoms with Gasteiger partial charge in [-0.3, -0.25) is 4.79 Å². The summed E-state index contributed by atoms with van der Waals surface area (Å²) in [5.74, 6) is 0.0219. The third-order valence-corrected chi connectivity index (χ3v) is 7.10. The van der Waals surface area contributed by atoms with Crippen molar-refractivity contribution in [2.45, 2.75) is 17.7 Å². The number of benzene rings is 2. The molecule has 1 N–H and O–H groups in total. The van der Waals surface area contributed by atoms with E-state index in [2.05, 4.69) is 5.32 Å². The number of nitrogens with one attached hydrogen (secondary N) is 1. The van der Waals surface area contributed by atoms with Gasteiger partial charge in [0.2, 0.25) is 15.9 Å². The lowest BCUT2D eigenvalue weighted by molar-refractivity contribution is -0.120. The average Bonchev–Trinajstić information content (AvgIpc) is 2.68. The molecule has 28 heavy (non-hydrogen) atoms. The van der Waals surface area contributed by atoms with Crippen molar-refractivity contribution in [2.24, 2.45) is 5.92 Å². The largest absolute Gasteiger partial charge is 0.495 e. The molecule has 0 unspecified atom stereocenters. The molecule has 0 spiro atoms. The van der Waals surface area contributed by atoms with Gasteiger partial charge >= 0.3 is 0 Å². The van der Waals surface area contributed by atoms with E-state index in [9.17, 15) is 13.2 Å². The van der Waals surface area contributed by atoms with Gasteiger partial charge in [-0.15, -0.1) is 0 Å². The van der Waals surface area contributed by atoms with Crippen molar-refractivity contribution in [2.75, 3.05) is 25.5 Å². The van der Waals surface area contributed by atoms with Crippen LogP contribution in [-0.4, -0.2) is 38.8 Å². The summed E-state index contributed by atoms with van der Waals surface area (Å²) in [6, 6.07) is 11.3. The van der Waals surface area contributed by atoms with E-state index >= 15 is 0 Å². The second-order valence-corrected chi connectivity index (χ2v) is 9.26. The van der Waals surface area contributed by atoms with E-state index in [-0.39, 0.29) is 34.8 Å². The van der Waals surface area contributed by atoms with Gasteiger partial charge in [0.05, 0.1) is 17.0 Å². The van der Waals surface area contributed by atoms with Crippen LogP contribution in [0, 0.1) is 5.92 Å². The van der Waals surface area contributed by atoms with Crippen LogP contribution in [0.5, 0.6) is 5.75 Å². The van der Waals surface area contributed by atoms with Crippen molar-refractivity contribution >= 4 is 44.8 Å². The number of hydrogen-bond donors (Lipinski definition) is 1. The number of carbonyl (C=O) groups excluding carboxylic acids is 1. The minimum atomic E-state index is -3.68. The topological polar surface area (TPSA) is 75.7 Å². The van der Waals surface area contributed by atoms with E-state index in [1.54, 1.807) is 24.3 Å². The fourth-order valence-electron chi connectivity index (χ4n) is 3.13. The van der Waals surface area contributed by atoms with Crippen LogP contribution in [-0.2, 0) is 14.8 Å². The van der Waals surface area contributed by atoms with Crippen molar-refractivity contribution in [3.63, 3.8) is 0 Å². The zero-order chi connectivity index (χ0) is 20.3. The van der Waals surface area contributed by atoms with E-state index in [1.165, 1.54) is 29.6 Å². The third kappa shape index (κ3) is 4.60. The zero-order valence-corrected chi connectivity index (χ0v) is 17.5. The van der Waals surface area contributed by atoms with Crippen molar-refractivity contribution < 1.29 is 17.9 Å². The average molecular weight is 443 g/mol. The Morgan fingerprint density at radius 3 is 2.46 bits per heavy atom. The van der Waals surface area contributed by atoms with Crippen molar-refractivity contribution in [1.29, 1.82) is 0 Å². The van der Waals surface area contributed by atoms with Gasteiger partial charge in [0.25, 0.3) is 0 Å². The number of nitrogens with zero attached hydrogens (tertiary/aromatic N) is 1. The molecule has 0 aliphatic carbocycles. The first-order valence-corrected chi connectivity index (χ1v) is 10.9. The van der Waals surface area contributed by atoms with Crippen molar-refractivity contribution in [1.82, 2.24) is 4.31 Å². The number of halogens is 2. The normalized spacial score (nSPS) is 16.0. The smallest absolute Gasteiger partial charge is 0.243 e. The number of sulfonamides is 1. The Kier molecular flexibility index (Phi) is 6.50. The molecule has 150 valence electrons. The summed E-state index contributed by atoms with van der Waals surface area (Å²) in [4.78, 5) is 12.6. The van der Waals surface area contributed by atoms with Crippen LogP contribution in [0.1, 0.15) is 12.8 Å². The predicted octanol–water partition coefficient (Wildman–Crippen LogP) is 4.04. The first-order valence-electron chi connectivity index (χ1n) is 8.71. The number of rotatable bonds is 5. The summed E-state index contributed by atoms with van der Waals surface area (Å²) in [5.41, 5.74) is 0.625. The van der Waals surface area contributed by atoms with Gasteiger partial charge in [-0.05, 0) is 49.2 Å². The summed E-state index contributed by atoms with van der Waals surface area (Å²) in [7, 11) is -2.21. The monoisotopic (exact) mass is 442 g/mol. The number of anilines is 1. The van der Waals surface area contributed by atoms with Crippen LogP contribution in [0.3, 0.4) is 0 Å². The number of methoxy groups -OCH3 is 1. The Morgan fingerprint density at radius 1 is 1.14 bits per heavy atom. The molecule has 1 heterocycles. The Hall–Kier alpha value is -1.80. The van der Waals surface area contributed by atoms with Gasteiger partial charge in [0.1, 0.15) is 5.75 Å². The highest BCUT2D eigenvalue weighted by atomic mass is 35.5. The van der Waals surface area contributed by atoms with Crippen LogP contribution in [0.2, 0.25) is 10.0 Å². The lowest BCUT2D eigenvalue weighted by Gasteiger charge is -2.30. The molecule has 0 bridgehead atoms. The summed E-state index contributed by atoms with van der Waals surface area (Å²) in [6.07, 6.45) is 0.880. The quantitative estimate of drug-likeness (QED) is 0.757. The first kappa shape index (κ1) is 20.9. The maximum absolute atomic E-state index is 12.9. The fraction of sp³-hybridized carbons (Fsp3) is 0.316. The fourth-order valence-corrected chi connectivity index (χ4v) is 5.13. The van der Waals surface area contributed by atoms with Crippen LogP contribution >= 0.6 is 23.2 Å². The number of amides is 1. The molecule has 2 aromatic rings. The standard InChI is InChI=1S/C19H20Cl2N2O4S/c1-27-18-6-5-16(12-17(18)21)28(25,26)23-9-7-13(8-10-23)19(24)22-15-4-2-3-14(20)11-15/h2-6,11-13H,7-10H2,1H3,(H,22,24). The molecule has 1 saturated heterocycles. The SMILES string of the molecule is COc1ccc(S(=O)(=O)N2CCC(C(=O)Nc3cccc(Cl)c3)CC2)cc1Cl. The van der Waals surface area contributed by atoms with E-state index in [0.717, 1.165) is 0 Å². The molecule has 0 atom stereocenters. The molecule has 0 aromatic heterocycles. The van der Waals surface area contributed by atoms with Crippen molar-refractivity contribution in [3.05, 3.63) is 52.5 Å². The molecule has 9 heteroatoms. The molecule has 2 aromatic carbocycles. The number of ether oxygens (including phenoxy) is 1. The third-order valence-electron chi connectivity index (χ3n) is 4.68. The highest BCUT2D eigenvalue weighted by molar-refractivity contribution is 7.89. The van der Waals surface area contributed by atoms with Gasteiger partial charge in [-0.2, -0.15) is 4.31 Å². The van der Waals surface area contributed by atoms with Gasteiger partial charge < -0.3 is 10.1 Å². The summed E-state index contributed by atoms with van der Waals surface area (Å²) in [5, 5.41) is 3.61. The minimum Gasteiger partial charge on any atom is -0.495 e. The van der Waals surface area contributed by atoms with Gasteiger partial charge in [-0.1, -0.05) is 29.3 Å². The molecular formula is C19H20Cl2N2O4S. The van der Waals surface area contributed by atoms with Crippen molar-refractivity contribution in [3.8, 4) is 5.75 Å². The van der Waals surface area contributed by atoms with Crippen LogP contribution in [0.15, 0.2) is 47.4 Å².